The van der Waals surface area contributed by atoms with Gasteiger partial charge in [0.05, 0.1) is 0 Å². The fourth-order valence-electron chi connectivity index (χ4n) is 1.27. The molecule has 8 heteroatoms. The van der Waals surface area contributed by atoms with Crippen molar-refractivity contribution in [1.82, 2.24) is 0 Å². The second-order valence-electron chi connectivity index (χ2n) is 3.53. The van der Waals surface area contributed by atoms with E-state index < -0.39 is 17.6 Å². The van der Waals surface area contributed by atoms with Crippen LogP contribution in [0.15, 0.2) is 18.2 Å². The zero-order chi connectivity index (χ0) is 14.1. The third-order valence-corrected chi connectivity index (χ3v) is 9.26. The number of halogens is 4. The Labute approximate surface area is 138 Å². The minimum absolute atomic E-state index is 0.0938. The van der Waals surface area contributed by atoms with Crippen LogP contribution in [0.5, 0.6) is 0 Å². The van der Waals surface area contributed by atoms with Gasteiger partial charge in [-0.3, -0.25) is 0 Å². The van der Waals surface area contributed by atoms with Crippen LogP contribution < -0.4 is 0 Å². The standard InChI is InChI=1S/C10H10BrCl2IO3S/c1-2-18(16,17)10(11,14)9(15)7-4-3-6(12)5-8(7)13/h3-5,9,15H,2H2,1H3/t9-,10+/m1/s1. The molecule has 1 N–H and O–H groups in total. The van der Waals surface area contributed by atoms with Crippen LogP contribution >= 0.6 is 61.7 Å². The molecule has 0 radical (unpaired) electrons. The average molecular weight is 488 g/mol. The summed E-state index contributed by atoms with van der Waals surface area (Å²) in [4.78, 5) is 0. The van der Waals surface area contributed by atoms with Gasteiger partial charge in [-0.25, -0.2) is 8.42 Å². The van der Waals surface area contributed by atoms with Gasteiger partial charge < -0.3 is 5.11 Å². The third kappa shape index (κ3) is 3.32. The van der Waals surface area contributed by atoms with Gasteiger partial charge in [-0.15, -0.1) is 0 Å². The number of rotatable bonds is 4. The molecule has 0 saturated heterocycles. The summed E-state index contributed by atoms with van der Waals surface area (Å²) in [5.41, 5.74) is 0.310. The highest BCUT2D eigenvalue weighted by molar-refractivity contribution is 14.1. The average Bonchev–Trinajstić information content (AvgIpc) is 2.28. The molecule has 0 saturated carbocycles. The quantitative estimate of drug-likeness (QED) is 0.517. The molecule has 0 unspecified atom stereocenters. The Morgan fingerprint density at radius 2 is 2.06 bits per heavy atom. The first kappa shape index (κ1) is 17.0. The summed E-state index contributed by atoms with van der Waals surface area (Å²) in [6.07, 6.45) is -1.30. The van der Waals surface area contributed by atoms with Gasteiger partial charge in [-0.05, 0) is 34.7 Å². The van der Waals surface area contributed by atoms with Crippen molar-refractivity contribution in [3.8, 4) is 0 Å². The van der Waals surface area contributed by atoms with E-state index in [2.05, 4.69) is 15.9 Å². The molecule has 0 spiro atoms. The van der Waals surface area contributed by atoms with Gasteiger partial charge in [0.15, 0.2) is 9.84 Å². The second-order valence-corrected chi connectivity index (χ2v) is 12.5. The molecule has 0 aromatic heterocycles. The highest BCUT2D eigenvalue weighted by atomic mass is 127. The van der Waals surface area contributed by atoms with Gasteiger partial charge >= 0.3 is 0 Å². The Morgan fingerprint density at radius 1 is 1.50 bits per heavy atom. The molecule has 1 aromatic carbocycles. The van der Waals surface area contributed by atoms with Gasteiger partial charge in [0.25, 0.3) is 0 Å². The molecule has 0 aliphatic rings. The predicted octanol–water partition coefficient (Wildman–Crippen LogP) is 3.95. The molecule has 1 rings (SSSR count). The SMILES string of the molecule is CCS(=O)(=O)[C@@](Br)(I)[C@H](O)c1ccc(Cl)cc1Cl. The minimum atomic E-state index is -3.51. The van der Waals surface area contributed by atoms with Gasteiger partial charge in [0, 0.05) is 21.4 Å². The van der Waals surface area contributed by atoms with Crippen molar-refractivity contribution in [2.75, 3.05) is 5.75 Å². The first-order chi connectivity index (χ1) is 8.13. The van der Waals surface area contributed by atoms with Gasteiger partial charge in [-0.1, -0.05) is 52.1 Å². The Balaban J connectivity index is 3.26. The van der Waals surface area contributed by atoms with Crippen molar-refractivity contribution >= 4 is 71.6 Å². The molecule has 102 valence electrons. The number of aliphatic hydroxyl groups is 1. The van der Waals surface area contributed by atoms with Crippen molar-refractivity contribution in [1.29, 1.82) is 0 Å². The summed E-state index contributed by atoms with van der Waals surface area (Å²) in [7, 11) is -3.51. The molecule has 2 atom stereocenters. The van der Waals surface area contributed by atoms with E-state index in [1.807, 2.05) is 0 Å². The predicted molar refractivity (Wildman–Crippen MR) is 86.6 cm³/mol. The van der Waals surface area contributed by atoms with Crippen molar-refractivity contribution in [2.45, 2.75) is 14.7 Å². The lowest BCUT2D eigenvalue weighted by molar-refractivity contribution is 0.191. The van der Waals surface area contributed by atoms with E-state index in [1.54, 1.807) is 28.7 Å². The van der Waals surface area contributed by atoms with Gasteiger partial charge in [0.2, 0.25) is 1.66 Å². The van der Waals surface area contributed by atoms with Crippen molar-refractivity contribution in [3.63, 3.8) is 0 Å². The Morgan fingerprint density at radius 3 is 2.50 bits per heavy atom. The number of alkyl halides is 2. The topological polar surface area (TPSA) is 54.4 Å². The molecule has 0 bridgehead atoms. The highest BCUT2D eigenvalue weighted by Crippen LogP contribution is 2.46. The van der Waals surface area contributed by atoms with E-state index >= 15 is 0 Å². The number of sulfone groups is 1. The van der Waals surface area contributed by atoms with E-state index in [0.717, 1.165) is 0 Å². The maximum Gasteiger partial charge on any atom is 0.207 e. The van der Waals surface area contributed by atoms with E-state index in [4.69, 9.17) is 23.2 Å². The van der Waals surface area contributed by atoms with Gasteiger partial charge in [0.1, 0.15) is 6.10 Å². The van der Waals surface area contributed by atoms with Crippen LogP contribution in [0.25, 0.3) is 0 Å². The smallest absolute Gasteiger partial charge is 0.207 e. The van der Waals surface area contributed by atoms with Crippen LogP contribution in [0.3, 0.4) is 0 Å². The fraction of sp³-hybridized carbons (Fsp3) is 0.400. The lowest BCUT2D eigenvalue weighted by Crippen LogP contribution is -2.33. The maximum atomic E-state index is 11.9. The highest BCUT2D eigenvalue weighted by Gasteiger charge is 2.45. The maximum absolute atomic E-state index is 11.9. The molecular formula is C10H10BrCl2IO3S. The van der Waals surface area contributed by atoms with Gasteiger partial charge in [-0.2, -0.15) is 0 Å². The molecule has 3 nitrogen and oxygen atoms in total. The number of benzene rings is 1. The minimum Gasteiger partial charge on any atom is -0.385 e. The number of hydrogen-bond acceptors (Lipinski definition) is 3. The van der Waals surface area contributed by atoms with Crippen molar-refractivity contribution in [2.24, 2.45) is 0 Å². The van der Waals surface area contributed by atoms with Crippen molar-refractivity contribution in [3.05, 3.63) is 33.8 Å². The molecule has 0 aliphatic carbocycles. The molecule has 0 amide bonds. The van der Waals surface area contributed by atoms with E-state index in [0.29, 0.717) is 10.6 Å². The Kier molecular flexibility index (Phi) is 5.78. The van der Waals surface area contributed by atoms with Crippen LogP contribution in [-0.2, 0) is 9.84 Å². The van der Waals surface area contributed by atoms with E-state index in [1.165, 1.54) is 19.1 Å². The summed E-state index contributed by atoms with van der Waals surface area (Å²) in [5.74, 6) is -0.0938. The normalized spacial score (nSPS) is 17.2. The summed E-state index contributed by atoms with van der Waals surface area (Å²) >= 11 is 16.5. The van der Waals surface area contributed by atoms with E-state index in [9.17, 15) is 13.5 Å². The Hall–Kier alpha value is 0.920. The summed E-state index contributed by atoms with van der Waals surface area (Å²) in [6.45, 7) is 1.51. The van der Waals surface area contributed by atoms with Crippen LogP contribution in [0.1, 0.15) is 18.6 Å². The molecule has 0 fully saturated rings. The van der Waals surface area contributed by atoms with Crippen LogP contribution in [0.2, 0.25) is 10.0 Å². The molecule has 18 heavy (non-hydrogen) atoms. The monoisotopic (exact) mass is 486 g/mol. The summed E-state index contributed by atoms with van der Waals surface area (Å²) in [6, 6.07) is 4.51. The van der Waals surface area contributed by atoms with Crippen LogP contribution in [0.4, 0.5) is 0 Å². The summed E-state index contributed by atoms with van der Waals surface area (Å²) in [5, 5.41) is 10.9. The van der Waals surface area contributed by atoms with Crippen molar-refractivity contribution < 1.29 is 13.5 Å². The lowest BCUT2D eigenvalue weighted by atomic mass is 10.1. The number of hydrogen-bond donors (Lipinski definition) is 1. The molecule has 0 heterocycles. The Bertz CT molecular complexity index is 548. The largest absolute Gasteiger partial charge is 0.385 e. The first-order valence-corrected chi connectivity index (χ1v) is 9.14. The van der Waals surface area contributed by atoms with E-state index in [-0.39, 0.29) is 10.8 Å². The van der Waals surface area contributed by atoms with Crippen LogP contribution in [0, 0.1) is 0 Å². The molecule has 1 aromatic rings. The summed E-state index contributed by atoms with van der Waals surface area (Å²) < 4.78 is 22.3. The molecule has 0 aliphatic heterocycles. The zero-order valence-corrected chi connectivity index (χ0v) is 15.3. The number of aliphatic hydroxyl groups excluding tert-OH is 1. The second kappa shape index (κ2) is 6.13. The lowest BCUT2D eigenvalue weighted by Gasteiger charge is -2.27. The zero-order valence-electron chi connectivity index (χ0n) is 9.20. The molecular weight excluding hydrogens is 478 g/mol. The fourth-order valence-corrected chi connectivity index (χ4v) is 4.83. The third-order valence-electron chi connectivity index (χ3n) is 2.37. The van der Waals surface area contributed by atoms with Crippen LogP contribution in [-0.4, -0.2) is 20.9 Å². The first-order valence-electron chi connectivity index (χ1n) is 4.86.